The number of carbonyl (C=O) groups excluding carboxylic acids is 1. The quantitative estimate of drug-likeness (QED) is 0.716. The van der Waals surface area contributed by atoms with Crippen LogP contribution in [0.2, 0.25) is 0 Å². The highest BCUT2D eigenvalue weighted by molar-refractivity contribution is 5.93. The van der Waals surface area contributed by atoms with Crippen LogP contribution >= 0.6 is 0 Å². The molecular weight excluding hydrogens is 318 g/mol. The fraction of sp³-hybridized carbons (Fsp3) is 0.611. The van der Waals surface area contributed by atoms with Crippen LogP contribution < -0.4 is 5.32 Å². The monoisotopic (exact) mass is 347 g/mol. The maximum absolute atomic E-state index is 12.3. The predicted molar refractivity (Wildman–Crippen MR) is 97.3 cm³/mol. The standard InChI is InChI=1S/C18H29N5O2/c1-11(2)7-8-18(5,25)10-19-17(24)15-9-14(20-21-15)16-12(3)22-23(6)13(16)4/h9,11,25H,7-8,10H2,1-6H3,(H,19,24)(H,20,21). The molecule has 1 atom stereocenters. The van der Waals surface area contributed by atoms with Crippen LogP contribution in [0.5, 0.6) is 0 Å². The summed E-state index contributed by atoms with van der Waals surface area (Å²) in [6.45, 7) is 10.1. The van der Waals surface area contributed by atoms with Gasteiger partial charge in [-0.05, 0) is 45.6 Å². The maximum atomic E-state index is 12.3. The fourth-order valence-electron chi connectivity index (χ4n) is 2.76. The van der Waals surface area contributed by atoms with Crippen LogP contribution in [0, 0.1) is 19.8 Å². The van der Waals surface area contributed by atoms with Crippen LogP contribution in [0.4, 0.5) is 0 Å². The van der Waals surface area contributed by atoms with Gasteiger partial charge in [0, 0.05) is 24.8 Å². The Morgan fingerprint density at radius 2 is 2.12 bits per heavy atom. The number of nitrogens with zero attached hydrogens (tertiary/aromatic N) is 3. The van der Waals surface area contributed by atoms with E-state index in [4.69, 9.17) is 0 Å². The zero-order valence-corrected chi connectivity index (χ0v) is 16.0. The zero-order valence-electron chi connectivity index (χ0n) is 16.0. The van der Waals surface area contributed by atoms with E-state index in [2.05, 4.69) is 34.5 Å². The number of hydrogen-bond acceptors (Lipinski definition) is 4. The number of aromatic amines is 1. The van der Waals surface area contributed by atoms with Crippen molar-refractivity contribution < 1.29 is 9.90 Å². The number of carbonyl (C=O) groups is 1. The summed E-state index contributed by atoms with van der Waals surface area (Å²) in [5.74, 6) is 0.242. The van der Waals surface area contributed by atoms with E-state index in [0.717, 1.165) is 23.4 Å². The molecule has 1 unspecified atom stereocenters. The molecular formula is C18H29N5O2. The van der Waals surface area contributed by atoms with Crippen LogP contribution in [-0.4, -0.2) is 43.1 Å². The second-order valence-corrected chi connectivity index (χ2v) is 7.45. The SMILES string of the molecule is Cc1nn(C)c(C)c1-c1cc(C(=O)NCC(C)(O)CCC(C)C)[nH]n1. The molecule has 0 bridgehead atoms. The summed E-state index contributed by atoms with van der Waals surface area (Å²) >= 11 is 0. The Morgan fingerprint density at radius 3 is 2.68 bits per heavy atom. The molecule has 0 fully saturated rings. The van der Waals surface area contributed by atoms with E-state index in [-0.39, 0.29) is 12.5 Å². The van der Waals surface area contributed by atoms with Gasteiger partial charge in [-0.25, -0.2) is 0 Å². The summed E-state index contributed by atoms with van der Waals surface area (Å²) < 4.78 is 1.80. The number of rotatable bonds is 7. The van der Waals surface area contributed by atoms with Crippen molar-refractivity contribution >= 4 is 5.91 Å². The van der Waals surface area contributed by atoms with Crippen LogP contribution in [0.1, 0.15) is 55.5 Å². The van der Waals surface area contributed by atoms with Crippen molar-refractivity contribution in [1.29, 1.82) is 0 Å². The van der Waals surface area contributed by atoms with Crippen molar-refractivity contribution in [3.05, 3.63) is 23.1 Å². The van der Waals surface area contributed by atoms with Crippen molar-refractivity contribution in [2.75, 3.05) is 6.54 Å². The number of aliphatic hydroxyl groups is 1. The lowest BCUT2D eigenvalue weighted by atomic mass is 9.95. The third kappa shape index (κ3) is 4.69. The van der Waals surface area contributed by atoms with Crippen LogP contribution in [0.3, 0.4) is 0 Å². The molecule has 0 spiro atoms. The molecule has 2 heterocycles. The number of amides is 1. The molecule has 2 rings (SSSR count). The van der Waals surface area contributed by atoms with Gasteiger partial charge in [0.1, 0.15) is 5.69 Å². The highest BCUT2D eigenvalue weighted by Crippen LogP contribution is 2.25. The van der Waals surface area contributed by atoms with E-state index in [1.807, 2.05) is 20.9 Å². The minimum atomic E-state index is -0.917. The Hall–Kier alpha value is -2.15. The molecule has 2 aromatic heterocycles. The van der Waals surface area contributed by atoms with Gasteiger partial charge in [0.15, 0.2) is 0 Å². The summed E-state index contributed by atoms with van der Waals surface area (Å²) in [5.41, 5.74) is 2.95. The summed E-state index contributed by atoms with van der Waals surface area (Å²) in [5, 5.41) is 24.5. The summed E-state index contributed by atoms with van der Waals surface area (Å²) in [6, 6.07) is 1.72. The number of aryl methyl sites for hydroxylation is 2. The van der Waals surface area contributed by atoms with E-state index in [1.54, 1.807) is 17.7 Å². The first kappa shape index (κ1) is 19.2. The van der Waals surface area contributed by atoms with Gasteiger partial charge in [-0.1, -0.05) is 13.8 Å². The molecule has 0 aliphatic heterocycles. The van der Waals surface area contributed by atoms with Crippen molar-refractivity contribution in [2.24, 2.45) is 13.0 Å². The number of H-pyrrole nitrogens is 1. The largest absolute Gasteiger partial charge is 0.388 e. The topological polar surface area (TPSA) is 95.8 Å². The minimum Gasteiger partial charge on any atom is -0.388 e. The summed E-state index contributed by atoms with van der Waals surface area (Å²) in [6.07, 6.45) is 1.56. The molecule has 0 saturated heterocycles. The molecule has 2 aromatic rings. The summed E-state index contributed by atoms with van der Waals surface area (Å²) in [7, 11) is 1.88. The second kappa shape index (κ2) is 7.39. The molecule has 7 heteroatoms. The van der Waals surface area contributed by atoms with Gasteiger partial charge in [-0.15, -0.1) is 0 Å². The van der Waals surface area contributed by atoms with Gasteiger partial charge < -0.3 is 10.4 Å². The van der Waals surface area contributed by atoms with E-state index in [9.17, 15) is 9.90 Å². The maximum Gasteiger partial charge on any atom is 0.269 e. The zero-order chi connectivity index (χ0) is 18.8. The number of nitrogens with one attached hydrogen (secondary N) is 2. The van der Waals surface area contributed by atoms with Crippen LogP contribution in [0.25, 0.3) is 11.3 Å². The molecule has 25 heavy (non-hydrogen) atoms. The molecule has 0 aromatic carbocycles. The molecule has 3 N–H and O–H groups in total. The van der Waals surface area contributed by atoms with E-state index in [0.29, 0.717) is 23.7 Å². The normalized spacial score (nSPS) is 13.9. The average molecular weight is 347 g/mol. The Morgan fingerprint density at radius 1 is 1.44 bits per heavy atom. The highest BCUT2D eigenvalue weighted by atomic mass is 16.3. The third-order valence-corrected chi connectivity index (χ3v) is 4.48. The Kier molecular flexibility index (Phi) is 5.67. The predicted octanol–water partition coefficient (Wildman–Crippen LogP) is 2.34. The van der Waals surface area contributed by atoms with Crippen molar-refractivity contribution in [1.82, 2.24) is 25.3 Å². The molecule has 1 amide bonds. The van der Waals surface area contributed by atoms with Gasteiger partial charge >= 0.3 is 0 Å². The second-order valence-electron chi connectivity index (χ2n) is 7.45. The smallest absolute Gasteiger partial charge is 0.269 e. The van der Waals surface area contributed by atoms with Crippen molar-refractivity contribution in [3.8, 4) is 11.3 Å². The third-order valence-electron chi connectivity index (χ3n) is 4.48. The first-order valence-corrected chi connectivity index (χ1v) is 8.67. The van der Waals surface area contributed by atoms with Crippen LogP contribution in [0.15, 0.2) is 6.07 Å². The Balaban J connectivity index is 2.03. The van der Waals surface area contributed by atoms with E-state index >= 15 is 0 Å². The van der Waals surface area contributed by atoms with Crippen LogP contribution in [-0.2, 0) is 7.05 Å². The van der Waals surface area contributed by atoms with Crippen molar-refractivity contribution in [2.45, 2.75) is 53.1 Å². The molecule has 7 nitrogen and oxygen atoms in total. The lowest BCUT2D eigenvalue weighted by Crippen LogP contribution is -2.40. The Labute approximate surface area is 148 Å². The highest BCUT2D eigenvalue weighted by Gasteiger charge is 2.23. The van der Waals surface area contributed by atoms with Gasteiger partial charge in [0.05, 0.1) is 17.0 Å². The molecule has 0 aliphatic rings. The fourth-order valence-corrected chi connectivity index (χ4v) is 2.76. The van der Waals surface area contributed by atoms with Gasteiger partial charge in [-0.3, -0.25) is 14.6 Å². The average Bonchev–Trinajstić information content (AvgIpc) is 3.09. The minimum absolute atomic E-state index is 0.206. The van der Waals surface area contributed by atoms with Gasteiger partial charge in [0.2, 0.25) is 0 Å². The molecule has 0 aliphatic carbocycles. The number of hydrogen-bond donors (Lipinski definition) is 3. The van der Waals surface area contributed by atoms with Gasteiger partial charge in [-0.2, -0.15) is 10.2 Å². The lowest BCUT2D eigenvalue weighted by molar-refractivity contribution is 0.0428. The first-order chi connectivity index (χ1) is 11.6. The number of aromatic nitrogens is 4. The Bertz CT molecular complexity index is 743. The van der Waals surface area contributed by atoms with E-state index < -0.39 is 5.60 Å². The lowest BCUT2D eigenvalue weighted by Gasteiger charge is -2.24. The molecule has 0 saturated carbocycles. The van der Waals surface area contributed by atoms with Crippen molar-refractivity contribution in [3.63, 3.8) is 0 Å². The molecule has 138 valence electrons. The summed E-state index contributed by atoms with van der Waals surface area (Å²) in [4.78, 5) is 12.3. The van der Waals surface area contributed by atoms with Gasteiger partial charge in [0.25, 0.3) is 5.91 Å². The first-order valence-electron chi connectivity index (χ1n) is 8.67. The molecule has 0 radical (unpaired) electrons. The van der Waals surface area contributed by atoms with E-state index in [1.165, 1.54) is 0 Å².